The van der Waals surface area contributed by atoms with Gasteiger partial charge >= 0.3 is 0 Å². The Morgan fingerprint density at radius 3 is 2.29 bits per heavy atom. The highest BCUT2D eigenvalue weighted by molar-refractivity contribution is 5.44. The summed E-state index contributed by atoms with van der Waals surface area (Å²) in [7, 11) is 1.57. The second-order valence-corrected chi connectivity index (χ2v) is 6.56. The zero-order valence-corrected chi connectivity index (χ0v) is 14.4. The molecular weight excluding hydrogens is 304 g/mol. The first-order chi connectivity index (χ1) is 11.6. The van der Waals surface area contributed by atoms with Gasteiger partial charge in [-0.3, -0.25) is 0 Å². The molecule has 0 saturated heterocycles. The summed E-state index contributed by atoms with van der Waals surface area (Å²) in [6.45, 7) is 4.84. The van der Waals surface area contributed by atoms with Crippen molar-refractivity contribution < 1.29 is 19.3 Å². The maximum atomic E-state index is 9.70. The third kappa shape index (κ3) is 3.58. The van der Waals surface area contributed by atoms with E-state index in [-0.39, 0.29) is 5.75 Å². The van der Waals surface area contributed by atoms with Crippen molar-refractivity contribution in [3.63, 3.8) is 0 Å². The average molecular weight is 328 g/mol. The molecule has 1 aliphatic rings. The normalized spacial score (nSPS) is 15.1. The number of rotatable bonds is 6. The number of aromatic hydroxyl groups is 1. The quantitative estimate of drug-likeness (QED) is 0.864. The summed E-state index contributed by atoms with van der Waals surface area (Å²) in [5, 5.41) is 9.70. The molecule has 0 aliphatic carbocycles. The van der Waals surface area contributed by atoms with Gasteiger partial charge in [-0.2, -0.15) is 0 Å². The smallest absolute Gasteiger partial charge is 0.231 e. The second-order valence-electron chi connectivity index (χ2n) is 6.56. The minimum Gasteiger partial charge on any atom is -0.504 e. The Kier molecular flexibility index (Phi) is 4.84. The van der Waals surface area contributed by atoms with E-state index in [9.17, 15) is 5.11 Å². The molecule has 0 spiro atoms. The van der Waals surface area contributed by atoms with Crippen LogP contribution in [-0.4, -0.2) is 19.0 Å². The lowest BCUT2D eigenvalue weighted by Crippen LogP contribution is -2.13. The van der Waals surface area contributed by atoms with Crippen LogP contribution in [0.5, 0.6) is 23.0 Å². The van der Waals surface area contributed by atoms with E-state index >= 15 is 0 Å². The lowest BCUT2D eigenvalue weighted by Gasteiger charge is -2.20. The minimum atomic E-state index is 0.183. The molecule has 0 radical (unpaired) electrons. The third-order valence-electron chi connectivity index (χ3n) is 4.77. The number of hydrogen-bond donors (Lipinski definition) is 1. The van der Waals surface area contributed by atoms with Gasteiger partial charge in [0.25, 0.3) is 0 Å². The van der Waals surface area contributed by atoms with Crippen LogP contribution in [0.25, 0.3) is 0 Å². The molecule has 0 fully saturated rings. The van der Waals surface area contributed by atoms with Crippen LogP contribution in [0.4, 0.5) is 0 Å². The molecule has 24 heavy (non-hydrogen) atoms. The van der Waals surface area contributed by atoms with Crippen molar-refractivity contribution in [1.29, 1.82) is 0 Å². The van der Waals surface area contributed by atoms with Gasteiger partial charge in [0.1, 0.15) is 0 Å². The average Bonchev–Trinajstić information content (AvgIpc) is 3.04. The molecule has 1 aliphatic heterocycles. The lowest BCUT2D eigenvalue weighted by molar-refractivity contribution is 0.174. The van der Waals surface area contributed by atoms with Crippen molar-refractivity contribution in [2.75, 3.05) is 13.9 Å². The van der Waals surface area contributed by atoms with Crippen LogP contribution in [0.1, 0.15) is 25.0 Å². The van der Waals surface area contributed by atoms with Crippen LogP contribution in [-0.2, 0) is 12.8 Å². The van der Waals surface area contributed by atoms with Gasteiger partial charge in [-0.05, 0) is 60.1 Å². The molecule has 4 heteroatoms. The number of ether oxygens (including phenoxy) is 3. The second kappa shape index (κ2) is 7.04. The van der Waals surface area contributed by atoms with E-state index < -0.39 is 0 Å². The van der Waals surface area contributed by atoms with Gasteiger partial charge in [0, 0.05) is 0 Å². The first kappa shape index (κ1) is 16.5. The molecule has 2 aromatic carbocycles. The Morgan fingerprint density at radius 1 is 0.958 bits per heavy atom. The number of phenols is 1. The monoisotopic (exact) mass is 328 g/mol. The van der Waals surface area contributed by atoms with Gasteiger partial charge in [0.15, 0.2) is 23.0 Å². The van der Waals surface area contributed by atoms with Crippen molar-refractivity contribution in [3.8, 4) is 23.0 Å². The SMILES string of the molecule is COc1cc(C[C@H](C)[C@H](C)Cc2ccc3c(c2)OCO3)ccc1O. The van der Waals surface area contributed by atoms with Crippen LogP contribution >= 0.6 is 0 Å². The lowest BCUT2D eigenvalue weighted by atomic mass is 9.85. The summed E-state index contributed by atoms with van der Waals surface area (Å²) in [5.74, 6) is 3.41. The Morgan fingerprint density at radius 2 is 1.58 bits per heavy atom. The molecule has 0 saturated carbocycles. The van der Waals surface area contributed by atoms with E-state index in [1.165, 1.54) is 11.1 Å². The topological polar surface area (TPSA) is 47.9 Å². The van der Waals surface area contributed by atoms with E-state index in [1.807, 2.05) is 18.2 Å². The minimum absolute atomic E-state index is 0.183. The highest BCUT2D eigenvalue weighted by Gasteiger charge is 2.17. The van der Waals surface area contributed by atoms with Crippen LogP contribution in [0, 0.1) is 11.8 Å². The molecule has 4 nitrogen and oxygen atoms in total. The molecule has 0 amide bonds. The predicted octanol–water partition coefficient (Wildman–Crippen LogP) is 4.19. The van der Waals surface area contributed by atoms with E-state index in [2.05, 4.69) is 26.0 Å². The Balaban J connectivity index is 1.63. The van der Waals surface area contributed by atoms with Gasteiger partial charge in [0.2, 0.25) is 6.79 Å². The molecular formula is C20H24O4. The fraction of sp³-hybridized carbons (Fsp3) is 0.400. The van der Waals surface area contributed by atoms with Crippen molar-refractivity contribution in [3.05, 3.63) is 47.5 Å². The first-order valence-corrected chi connectivity index (χ1v) is 8.31. The fourth-order valence-electron chi connectivity index (χ4n) is 3.06. The predicted molar refractivity (Wildman–Crippen MR) is 93.0 cm³/mol. The van der Waals surface area contributed by atoms with E-state index in [4.69, 9.17) is 14.2 Å². The maximum Gasteiger partial charge on any atom is 0.231 e. The molecule has 0 unspecified atom stereocenters. The summed E-state index contributed by atoms with van der Waals surface area (Å²) in [6, 6.07) is 11.7. The Hall–Kier alpha value is -2.36. The number of methoxy groups -OCH3 is 1. The molecule has 128 valence electrons. The van der Waals surface area contributed by atoms with E-state index in [0.717, 1.165) is 24.3 Å². The largest absolute Gasteiger partial charge is 0.504 e. The van der Waals surface area contributed by atoms with E-state index in [0.29, 0.717) is 24.4 Å². The van der Waals surface area contributed by atoms with Crippen LogP contribution < -0.4 is 14.2 Å². The standard InChI is InChI=1S/C20H24O4/c1-13(8-15-4-6-17(21)19(10-15)22-3)14(2)9-16-5-7-18-20(11-16)24-12-23-18/h4-7,10-11,13-14,21H,8-9,12H2,1-3H3/t13-,14+/m0/s1. The van der Waals surface area contributed by atoms with Crippen molar-refractivity contribution >= 4 is 0 Å². The number of benzene rings is 2. The van der Waals surface area contributed by atoms with Gasteiger partial charge in [-0.15, -0.1) is 0 Å². The van der Waals surface area contributed by atoms with Gasteiger partial charge < -0.3 is 19.3 Å². The summed E-state index contributed by atoms with van der Waals surface area (Å²) in [4.78, 5) is 0. The molecule has 1 N–H and O–H groups in total. The number of phenolic OH excluding ortho intramolecular Hbond substituents is 1. The molecule has 0 aromatic heterocycles. The highest BCUT2D eigenvalue weighted by atomic mass is 16.7. The zero-order chi connectivity index (χ0) is 17.1. The summed E-state index contributed by atoms with van der Waals surface area (Å²) >= 11 is 0. The van der Waals surface area contributed by atoms with Gasteiger partial charge in [-0.1, -0.05) is 26.0 Å². The Labute approximate surface area is 143 Å². The van der Waals surface area contributed by atoms with Crippen LogP contribution in [0.3, 0.4) is 0 Å². The molecule has 1 heterocycles. The zero-order valence-electron chi connectivity index (χ0n) is 14.4. The third-order valence-corrected chi connectivity index (χ3v) is 4.77. The fourth-order valence-corrected chi connectivity index (χ4v) is 3.06. The van der Waals surface area contributed by atoms with Crippen molar-refractivity contribution in [1.82, 2.24) is 0 Å². The Bertz CT molecular complexity index is 694. The van der Waals surface area contributed by atoms with Crippen molar-refractivity contribution in [2.45, 2.75) is 26.7 Å². The highest BCUT2D eigenvalue weighted by Crippen LogP contribution is 2.34. The van der Waals surface area contributed by atoms with E-state index in [1.54, 1.807) is 13.2 Å². The van der Waals surface area contributed by atoms with Crippen LogP contribution in [0.15, 0.2) is 36.4 Å². The van der Waals surface area contributed by atoms with Gasteiger partial charge in [0.05, 0.1) is 7.11 Å². The molecule has 3 rings (SSSR count). The molecule has 0 bridgehead atoms. The number of hydrogen-bond acceptors (Lipinski definition) is 4. The summed E-state index contributed by atoms with van der Waals surface area (Å²) in [6.07, 6.45) is 1.94. The molecule has 2 atom stereocenters. The van der Waals surface area contributed by atoms with Crippen LogP contribution in [0.2, 0.25) is 0 Å². The number of fused-ring (bicyclic) bond motifs is 1. The summed E-state index contributed by atoms with van der Waals surface area (Å²) < 4.78 is 16.0. The molecule has 2 aromatic rings. The van der Waals surface area contributed by atoms with Gasteiger partial charge in [-0.25, -0.2) is 0 Å². The first-order valence-electron chi connectivity index (χ1n) is 8.31. The maximum absolute atomic E-state index is 9.70. The van der Waals surface area contributed by atoms with Crippen molar-refractivity contribution in [2.24, 2.45) is 11.8 Å². The summed E-state index contributed by atoms with van der Waals surface area (Å²) in [5.41, 5.74) is 2.44.